The third kappa shape index (κ3) is 3.82. The molecule has 2 heterocycles. The lowest BCUT2D eigenvalue weighted by Gasteiger charge is -2.18. The topological polar surface area (TPSA) is 42.2 Å². The molecule has 0 saturated heterocycles. The van der Waals surface area contributed by atoms with Gasteiger partial charge < -0.3 is 4.42 Å². The molecular weight excluding hydrogens is 339 g/mol. The van der Waals surface area contributed by atoms with Crippen LogP contribution in [0.2, 0.25) is 0 Å². The predicted molar refractivity (Wildman–Crippen MR) is 84.2 cm³/mol. The van der Waals surface area contributed by atoms with E-state index in [0.29, 0.717) is 11.8 Å². The summed E-state index contributed by atoms with van der Waals surface area (Å²) in [7, 11) is 1.71. The fraction of sp³-hybridized carbons (Fsp3) is 0.250. The molecule has 24 heavy (non-hydrogen) atoms. The third-order valence-electron chi connectivity index (χ3n) is 3.37. The minimum absolute atomic E-state index is 0.131. The monoisotopic (exact) mass is 353 g/mol. The highest BCUT2D eigenvalue weighted by molar-refractivity contribution is 7.13. The zero-order valence-electron chi connectivity index (χ0n) is 12.7. The maximum absolute atomic E-state index is 13.0. The fourth-order valence-electron chi connectivity index (χ4n) is 2.33. The van der Waals surface area contributed by atoms with Gasteiger partial charge in [0.1, 0.15) is 0 Å². The second-order valence-corrected chi connectivity index (χ2v) is 6.25. The van der Waals surface area contributed by atoms with E-state index in [9.17, 15) is 13.2 Å². The van der Waals surface area contributed by atoms with Crippen molar-refractivity contribution in [2.24, 2.45) is 0 Å². The summed E-state index contributed by atoms with van der Waals surface area (Å²) in [6, 6.07) is 9.29. The molecule has 0 aliphatic rings. The first-order chi connectivity index (χ1) is 11.4. The van der Waals surface area contributed by atoms with E-state index < -0.39 is 11.7 Å². The van der Waals surface area contributed by atoms with Gasteiger partial charge in [-0.1, -0.05) is 24.3 Å². The van der Waals surface area contributed by atoms with Gasteiger partial charge >= 0.3 is 6.18 Å². The number of hydrogen-bond acceptors (Lipinski definition) is 5. The molecule has 0 aliphatic heterocycles. The van der Waals surface area contributed by atoms with Gasteiger partial charge in [0.15, 0.2) is 0 Å². The molecule has 2 aromatic heterocycles. The summed E-state index contributed by atoms with van der Waals surface area (Å²) < 4.78 is 44.6. The number of halogens is 3. The van der Waals surface area contributed by atoms with E-state index >= 15 is 0 Å². The number of aromatic nitrogens is 2. The summed E-state index contributed by atoms with van der Waals surface area (Å²) in [5, 5.41) is 9.82. The number of nitrogens with zero attached hydrogens (tertiary/aromatic N) is 3. The summed E-state index contributed by atoms with van der Waals surface area (Å²) >= 11 is 1.48. The van der Waals surface area contributed by atoms with Crippen molar-refractivity contribution in [3.8, 4) is 10.8 Å². The minimum atomic E-state index is -4.37. The normalized spacial score (nSPS) is 12.0. The second kappa shape index (κ2) is 6.74. The molecule has 0 N–H and O–H groups in total. The Labute approximate surface area is 140 Å². The molecule has 0 bridgehead atoms. The Morgan fingerprint density at radius 1 is 1.08 bits per heavy atom. The van der Waals surface area contributed by atoms with Crippen LogP contribution in [0.25, 0.3) is 10.8 Å². The summed E-state index contributed by atoms with van der Waals surface area (Å²) in [6.45, 7) is 0.400. The highest BCUT2D eigenvalue weighted by Crippen LogP contribution is 2.32. The molecule has 0 fully saturated rings. The van der Waals surface area contributed by atoms with Crippen molar-refractivity contribution >= 4 is 11.3 Å². The van der Waals surface area contributed by atoms with E-state index in [4.69, 9.17) is 4.42 Å². The summed E-state index contributed by atoms with van der Waals surface area (Å²) in [5.41, 5.74) is -0.410. The van der Waals surface area contributed by atoms with Gasteiger partial charge in [-0.05, 0) is 30.1 Å². The first-order valence-corrected chi connectivity index (χ1v) is 8.01. The van der Waals surface area contributed by atoms with Crippen molar-refractivity contribution in [3.63, 3.8) is 0 Å². The molecule has 0 saturated carbocycles. The molecule has 126 valence electrons. The van der Waals surface area contributed by atoms with Crippen LogP contribution < -0.4 is 0 Å². The molecule has 0 spiro atoms. The molecule has 3 aromatic rings. The van der Waals surface area contributed by atoms with Crippen molar-refractivity contribution < 1.29 is 17.6 Å². The van der Waals surface area contributed by atoms with Gasteiger partial charge in [0.05, 0.1) is 17.0 Å². The number of benzene rings is 1. The second-order valence-electron chi connectivity index (χ2n) is 5.31. The molecule has 4 nitrogen and oxygen atoms in total. The summed E-state index contributed by atoms with van der Waals surface area (Å²) in [5.74, 6) is 0.787. The first-order valence-electron chi connectivity index (χ1n) is 7.13. The maximum Gasteiger partial charge on any atom is 0.416 e. The van der Waals surface area contributed by atoms with Crippen molar-refractivity contribution in [2.45, 2.75) is 19.3 Å². The molecule has 3 rings (SSSR count). The Morgan fingerprint density at radius 3 is 2.58 bits per heavy atom. The number of rotatable bonds is 5. The Hall–Kier alpha value is -2.19. The molecule has 0 unspecified atom stereocenters. The van der Waals surface area contributed by atoms with E-state index in [1.165, 1.54) is 23.5 Å². The van der Waals surface area contributed by atoms with E-state index in [-0.39, 0.29) is 18.7 Å². The average molecular weight is 353 g/mol. The molecule has 0 radical (unpaired) electrons. The third-order valence-corrected chi connectivity index (χ3v) is 4.22. The van der Waals surface area contributed by atoms with Crippen LogP contribution in [0.3, 0.4) is 0 Å². The van der Waals surface area contributed by atoms with Gasteiger partial charge in [0.25, 0.3) is 5.89 Å². The molecule has 0 amide bonds. The van der Waals surface area contributed by atoms with E-state index in [1.807, 2.05) is 17.5 Å². The van der Waals surface area contributed by atoms with Crippen LogP contribution in [0, 0.1) is 0 Å². The standard InChI is InChI=1S/C16H14F3N3OS/c1-22(9-11-5-2-3-6-12(11)16(17,18)19)10-14-20-21-15(23-14)13-7-4-8-24-13/h2-8H,9-10H2,1H3. The van der Waals surface area contributed by atoms with Crippen LogP contribution in [-0.4, -0.2) is 22.1 Å². The van der Waals surface area contributed by atoms with Crippen LogP contribution >= 0.6 is 11.3 Å². The largest absolute Gasteiger partial charge is 0.419 e. The first kappa shape index (κ1) is 16.7. The summed E-state index contributed by atoms with van der Waals surface area (Å²) in [4.78, 5) is 2.56. The van der Waals surface area contributed by atoms with Crippen LogP contribution in [0.15, 0.2) is 46.2 Å². The number of thiophene rings is 1. The van der Waals surface area contributed by atoms with E-state index in [0.717, 1.165) is 10.9 Å². The quantitative estimate of drug-likeness (QED) is 0.680. The zero-order valence-corrected chi connectivity index (χ0v) is 13.6. The van der Waals surface area contributed by atoms with Crippen molar-refractivity contribution in [3.05, 3.63) is 58.8 Å². The Kier molecular flexibility index (Phi) is 4.68. The zero-order chi connectivity index (χ0) is 17.2. The number of hydrogen-bond donors (Lipinski definition) is 0. The van der Waals surface area contributed by atoms with Crippen LogP contribution in [-0.2, 0) is 19.3 Å². The van der Waals surface area contributed by atoms with Gasteiger partial charge in [-0.15, -0.1) is 21.5 Å². The average Bonchev–Trinajstić information content (AvgIpc) is 3.17. The van der Waals surface area contributed by atoms with Crippen molar-refractivity contribution in [1.82, 2.24) is 15.1 Å². The van der Waals surface area contributed by atoms with Crippen molar-refractivity contribution in [2.75, 3.05) is 7.05 Å². The molecule has 0 aliphatic carbocycles. The lowest BCUT2D eigenvalue weighted by atomic mass is 10.1. The highest BCUT2D eigenvalue weighted by Gasteiger charge is 2.33. The fourth-order valence-corrected chi connectivity index (χ4v) is 2.97. The molecular formula is C16H14F3N3OS. The van der Waals surface area contributed by atoms with Gasteiger partial charge in [-0.3, -0.25) is 4.90 Å². The van der Waals surface area contributed by atoms with Gasteiger partial charge in [-0.2, -0.15) is 13.2 Å². The lowest BCUT2D eigenvalue weighted by Crippen LogP contribution is -2.20. The molecule has 8 heteroatoms. The maximum atomic E-state index is 13.0. The van der Waals surface area contributed by atoms with Gasteiger partial charge in [-0.25, -0.2) is 0 Å². The Bertz CT molecular complexity index is 799. The minimum Gasteiger partial charge on any atom is -0.419 e. The highest BCUT2D eigenvalue weighted by atomic mass is 32.1. The Balaban J connectivity index is 1.70. The SMILES string of the molecule is CN(Cc1nnc(-c2cccs2)o1)Cc1ccccc1C(F)(F)F. The van der Waals surface area contributed by atoms with E-state index in [2.05, 4.69) is 10.2 Å². The molecule has 1 aromatic carbocycles. The van der Waals surface area contributed by atoms with Crippen LogP contribution in [0.5, 0.6) is 0 Å². The van der Waals surface area contributed by atoms with E-state index in [1.54, 1.807) is 18.0 Å². The predicted octanol–water partition coefficient (Wildman–Crippen LogP) is 4.45. The van der Waals surface area contributed by atoms with Gasteiger partial charge in [0, 0.05) is 6.54 Å². The van der Waals surface area contributed by atoms with Crippen molar-refractivity contribution in [1.29, 1.82) is 0 Å². The smallest absolute Gasteiger partial charge is 0.416 e. The summed E-state index contributed by atoms with van der Waals surface area (Å²) in [6.07, 6.45) is -4.37. The Morgan fingerprint density at radius 2 is 1.88 bits per heavy atom. The van der Waals surface area contributed by atoms with Crippen LogP contribution in [0.1, 0.15) is 17.0 Å². The number of alkyl halides is 3. The van der Waals surface area contributed by atoms with Crippen LogP contribution in [0.4, 0.5) is 13.2 Å². The lowest BCUT2D eigenvalue weighted by molar-refractivity contribution is -0.138. The van der Waals surface area contributed by atoms with Gasteiger partial charge in [0.2, 0.25) is 5.89 Å². The molecule has 0 atom stereocenters.